The minimum Gasteiger partial charge on any atom is -0.481 e. The van der Waals surface area contributed by atoms with Crippen LogP contribution < -0.4 is 15.6 Å². The number of halogens is 1. The molecular weight excluding hydrogens is 381 g/mol. The van der Waals surface area contributed by atoms with Crippen molar-refractivity contribution in [1.29, 1.82) is 0 Å². The number of para-hydroxylation sites is 1. The summed E-state index contributed by atoms with van der Waals surface area (Å²) < 4.78 is 18.4. The quantitative estimate of drug-likeness (QED) is 0.556. The van der Waals surface area contributed by atoms with Gasteiger partial charge in [0.2, 0.25) is 11.8 Å². The van der Waals surface area contributed by atoms with Crippen LogP contribution in [-0.2, 0) is 20.8 Å². The van der Waals surface area contributed by atoms with E-state index < -0.39 is 30.1 Å². The minimum absolute atomic E-state index is 0.0867. The summed E-state index contributed by atoms with van der Waals surface area (Å²) in [4.78, 5) is 49.2. The summed E-state index contributed by atoms with van der Waals surface area (Å²) in [6.07, 6.45) is -0.0955. The van der Waals surface area contributed by atoms with Gasteiger partial charge >= 0.3 is 0 Å². The van der Waals surface area contributed by atoms with E-state index in [0.717, 1.165) is 4.90 Å². The molecule has 4 amide bonds. The molecule has 1 aliphatic heterocycles. The Hall–Kier alpha value is -3.75. The summed E-state index contributed by atoms with van der Waals surface area (Å²) in [6, 6.07) is 12.4. The number of nitrogens with one attached hydrogen (secondary N) is 2. The van der Waals surface area contributed by atoms with Crippen LogP contribution in [0.2, 0.25) is 0 Å². The summed E-state index contributed by atoms with van der Waals surface area (Å²) in [5.74, 6) is -2.82. The number of hydrogen-bond donors (Lipinski definition) is 2. The topological polar surface area (TPSA) is 105 Å². The number of rotatable bonds is 6. The number of benzene rings is 2. The first-order chi connectivity index (χ1) is 14.0. The lowest BCUT2D eigenvalue weighted by molar-refractivity contribution is -0.131. The maximum Gasteiger partial charge on any atom is 0.276 e. The molecule has 0 unspecified atom stereocenters. The molecule has 2 aromatic rings. The number of carbonyl (C=O) groups excluding carboxylic acids is 4. The molecule has 1 heterocycles. The molecule has 2 aromatic carbocycles. The zero-order valence-electron chi connectivity index (χ0n) is 15.3. The van der Waals surface area contributed by atoms with Gasteiger partial charge in [0.1, 0.15) is 0 Å². The fraction of sp³-hybridized carbons (Fsp3) is 0.200. The normalized spacial score (nSPS) is 12.9. The van der Waals surface area contributed by atoms with Gasteiger partial charge in [-0.25, -0.2) is 4.39 Å². The summed E-state index contributed by atoms with van der Waals surface area (Å²) in [5, 5.41) is 0. The highest BCUT2D eigenvalue weighted by atomic mass is 19.1. The molecule has 0 aliphatic carbocycles. The van der Waals surface area contributed by atoms with Gasteiger partial charge < -0.3 is 4.74 Å². The molecule has 150 valence electrons. The SMILES string of the molecule is O=C(CCN1C(=O)Cc2ccccc2C1=O)NNC(=O)COc1ccccc1F. The van der Waals surface area contributed by atoms with Crippen LogP contribution in [0.1, 0.15) is 22.3 Å². The van der Waals surface area contributed by atoms with Gasteiger partial charge in [-0.2, -0.15) is 0 Å². The molecule has 0 radical (unpaired) electrons. The van der Waals surface area contributed by atoms with Crippen molar-refractivity contribution in [3.05, 3.63) is 65.5 Å². The lowest BCUT2D eigenvalue weighted by Crippen LogP contribution is -2.47. The first-order valence-corrected chi connectivity index (χ1v) is 8.83. The molecule has 0 saturated carbocycles. The molecule has 29 heavy (non-hydrogen) atoms. The van der Waals surface area contributed by atoms with Crippen molar-refractivity contribution in [3.63, 3.8) is 0 Å². The second-order valence-electron chi connectivity index (χ2n) is 6.25. The Labute approximate surface area is 165 Å². The van der Waals surface area contributed by atoms with Crippen LogP contribution in [0.3, 0.4) is 0 Å². The third kappa shape index (κ3) is 4.95. The van der Waals surface area contributed by atoms with Crippen molar-refractivity contribution < 1.29 is 28.3 Å². The Bertz CT molecular complexity index is 963. The minimum atomic E-state index is -0.694. The van der Waals surface area contributed by atoms with E-state index in [4.69, 9.17) is 4.74 Å². The van der Waals surface area contributed by atoms with Crippen molar-refractivity contribution >= 4 is 23.6 Å². The summed E-state index contributed by atoms with van der Waals surface area (Å²) in [7, 11) is 0. The van der Waals surface area contributed by atoms with Crippen LogP contribution in [-0.4, -0.2) is 41.7 Å². The molecule has 8 nitrogen and oxygen atoms in total. The van der Waals surface area contributed by atoms with Gasteiger partial charge in [-0.1, -0.05) is 30.3 Å². The van der Waals surface area contributed by atoms with Crippen molar-refractivity contribution in [1.82, 2.24) is 15.8 Å². The van der Waals surface area contributed by atoms with E-state index in [2.05, 4.69) is 10.9 Å². The second-order valence-corrected chi connectivity index (χ2v) is 6.25. The third-order valence-electron chi connectivity index (χ3n) is 4.23. The fourth-order valence-electron chi connectivity index (χ4n) is 2.78. The lowest BCUT2D eigenvalue weighted by atomic mass is 9.98. The van der Waals surface area contributed by atoms with Crippen LogP contribution in [0.4, 0.5) is 4.39 Å². The zero-order valence-corrected chi connectivity index (χ0v) is 15.3. The lowest BCUT2D eigenvalue weighted by Gasteiger charge is -2.26. The molecule has 3 rings (SSSR count). The molecule has 1 aliphatic rings. The van der Waals surface area contributed by atoms with E-state index in [1.807, 2.05) is 0 Å². The fourth-order valence-corrected chi connectivity index (χ4v) is 2.78. The zero-order chi connectivity index (χ0) is 20.8. The maximum atomic E-state index is 13.4. The Morgan fingerprint density at radius 2 is 1.69 bits per heavy atom. The predicted octanol–water partition coefficient (Wildman–Crippen LogP) is 0.967. The van der Waals surface area contributed by atoms with Crippen LogP contribution in [0.5, 0.6) is 5.75 Å². The monoisotopic (exact) mass is 399 g/mol. The highest BCUT2D eigenvalue weighted by molar-refractivity contribution is 6.09. The van der Waals surface area contributed by atoms with Crippen LogP contribution in [0.15, 0.2) is 48.5 Å². The van der Waals surface area contributed by atoms with E-state index >= 15 is 0 Å². The largest absolute Gasteiger partial charge is 0.481 e. The van der Waals surface area contributed by atoms with E-state index in [9.17, 15) is 23.6 Å². The molecule has 9 heteroatoms. The molecule has 0 bridgehead atoms. The van der Waals surface area contributed by atoms with E-state index in [0.29, 0.717) is 11.1 Å². The molecule has 0 fully saturated rings. The number of ether oxygens (including phenoxy) is 1. The first-order valence-electron chi connectivity index (χ1n) is 8.83. The molecule has 0 atom stereocenters. The van der Waals surface area contributed by atoms with Gasteiger partial charge in [0.15, 0.2) is 18.2 Å². The standard InChI is InChI=1S/C20H18FN3O5/c21-15-7-3-4-8-16(15)29-12-18(26)23-22-17(25)9-10-24-19(27)11-13-5-1-2-6-14(13)20(24)28/h1-8H,9-12H2,(H,22,25)(H,23,26). The molecule has 0 saturated heterocycles. The van der Waals surface area contributed by atoms with Gasteiger partial charge in [0.25, 0.3) is 11.8 Å². The number of imide groups is 1. The second kappa shape index (κ2) is 8.96. The predicted molar refractivity (Wildman–Crippen MR) is 99.0 cm³/mol. The Morgan fingerprint density at radius 3 is 2.48 bits per heavy atom. The summed E-state index contributed by atoms with van der Waals surface area (Å²) >= 11 is 0. The van der Waals surface area contributed by atoms with E-state index in [1.54, 1.807) is 30.3 Å². The smallest absolute Gasteiger partial charge is 0.276 e. The first kappa shape index (κ1) is 20.0. The number of fused-ring (bicyclic) bond motifs is 1. The summed E-state index contributed by atoms with van der Waals surface area (Å²) in [5.41, 5.74) is 5.38. The molecular formula is C20H18FN3O5. The third-order valence-corrected chi connectivity index (χ3v) is 4.23. The van der Waals surface area contributed by atoms with Crippen LogP contribution in [0, 0.1) is 5.82 Å². The van der Waals surface area contributed by atoms with Crippen LogP contribution >= 0.6 is 0 Å². The van der Waals surface area contributed by atoms with Crippen molar-refractivity contribution in [2.24, 2.45) is 0 Å². The Balaban J connectivity index is 1.43. The van der Waals surface area contributed by atoms with Crippen molar-refractivity contribution in [2.75, 3.05) is 13.2 Å². The van der Waals surface area contributed by atoms with Gasteiger partial charge in [-0.05, 0) is 23.8 Å². The van der Waals surface area contributed by atoms with Gasteiger partial charge in [0, 0.05) is 18.5 Å². The van der Waals surface area contributed by atoms with Gasteiger partial charge in [0.05, 0.1) is 6.42 Å². The molecule has 0 spiro atoms. The highest BCUT2D eigenvalue weighted by Gasteiger charge is 2.30. The van der Waals surface area contributed by atoms with E-state index in [1.165, 1.54) is 18.2 Å². The van der Waals surface area contributed by atoms with Crippen molar-refractivity contribution in [2.45, 2.75) is 12.8 Å². The van der Waals surface area contributed by atoms with Crippen molar-refractivity contribution in [3.8, 4) is 5.75 Å². The van der Waals surface area contributed by atoms with E-state index in [-0.39, 0.29) is 31.0 Å². The van der Waals surface area contributed by atoms with Gasteiger partial charge in [-0.15, -0.1) is 0 Å². The van der Waals surface area contributed by atoms with Crippen LogP contribution in [0.25, 0.3) is 0 Å². The van der Waals surface area contributed by atoms with Gasteiger partial charge in [-0.3, -0.25) is 34.9 Å². The summed E-state index contributed by atoms with van der Waals surface area (Å²) in [6.45, 7) is -0.611. The Morgan fingerprint density at radius 1 is 1.00 bits per heavy atom. The maximum absolute atomic E-state index is 13.4. The highest BCUT2D eigenvalue weighted by Crippen LogP contribution is 2.19. The molecule has 2 N–H and O–H groups in total. The molecule has 0 aromatic heterocycles. The average Bonchev–Trinajstić information content (AvgIpc) is 2.71. The Kier molecular flexibility index (Phi) is 6.18. The number of nitrogens with zero attached hydrogens (tertiary/aromatic N) is 1. The number of carbonyl (C=O) groups is 4. The number of amides is 4. The average molecular weight is 399 g/mol. The number of hydrazine groups is 1. The number of hydrogen-bond acceptors (Lipinski definition) is 5.